The molecule has 1 aromatic carbocycles. The maximum Gasteiger partial charge on any atom is 0.307 e. The first-order valence-corrected chi connectivity index (χ1v) is 6.43. The number of nitrogens with zero attached hydrogens (tertiary/aromatic N) is 1. The number of hydrazone groups is 1. The van der Waals surface area contributed by atoms with E-state index >= 15 is 0 Å². The van der Waals surface area contributed by atoms with Crippen molar-refractivity contribution in [3.63, 3.8) is 0 Å². The van der Waals surface area contributed by atoms with Crippen LogP contribution in [0.5, 0.6) is 5.75 Å². The van der Waals surface area contributed by atoms with Crippen LogP contribution in [0.25, 0.3) is 0 Å². The van der Waals surface area contributed by atoms with Crippen LogP contribution in [0.1, 0.15) is 16.1 Å². The normalized spacial score (nSPS) is 10.6. The highest BCUT2D eigenvalue weighted by molar-refractivity contribution is 6.32. The summed E-state index contributed by atoms with van der Waals surface area (Å²) in [5.74, 6) is -1.48. The van der Waals surface area contributed by atoms with E-state index in [-0.39, 0.29) is 16.5 Å². The molecule has 1 amide bonds. The molecular formula is C14H10ClN2O5-. The number of benzene rings is 1. The molecule has 114 valence electrons. The summed E-state index contributed by atoms with van der Waals surface area (Å²) in [5, 5.41) is 14.3. The van der Waals surface area contributed by atoms with E-state index in [1.54, 1.807) is 12.1 Å². The molecule has 0 aliphatic rings. The van der Waals surface area contributed by atoms with E-state index in [2.05, 4.69) is 10.5 Å². The number of amides is 1. The molecule has 2 rings (SSSR count). The minimum atomic E-state index is -1.35. The molecule has 0 fully saturated rings. The fourth-order valence-corrected chi connectivity index (χ4v) is 1.72. The number of carboxylic acid groups (broad SMARTS) is 1. The molecule has 1 N–H and O–H groups in total. The van der Waals surface area contributed by atoms with Crippen molar-refractivity contribution in [2.45, 2.75) is 0 Å². The average molecular weight is 322 g/mol. The Morgan fingerprint density at radius 3 is 2.86 bits per heavy atom. The van der Waals surface area contributed by atoms with E-state index in [4.69, 9.17) is 20.8 Å². The highest BCUT2D eigenvalue weighted by Crippen LogP contribution is 2.24. The minimum absolute atomic E-state index is 0.140. The quantitative estimate of drug-likeness (QED) is 0.626. The number of hydrogen-bond acceptors (Lipinski definition) is 6. The summed E-state index contributed by atoms with van der Waals surface area (Å²) in [5.41, 5.74) is 2.87. The zero-order valence-electron chi connectivity index (χ0n) is 11.1. The maximum absolute atomic E-state index is 11.5. The molecule has 0 saturated carbocycles. The van der Waals surface area contributed by atoms with E-state index in [1.807, 2.05) is 0 Å². The van der Waals surface area contributed by atoms with Crippen molar-refractivity contribution in [2.75, 3.05) is 6.61 Å². The maximum atomic E-state index is 11.5. The Bertz CT molecular complexity index is 697. The summed E-state index contributed by atoms with van der Waals surface area (Å²) < 4.78 is 9.83. The molecule has 0 saturated heterocycles. The number of furan rings is 1. The van der Waals surface area contributed by atoms with Crippen molar-refractivity contribution >= 4 is 29.7 Å². The Morgan fingerprint density at radius 2 is 2.23 bits per heavy atom. The number of carbonyl (C=O) groups is 2. The molecule has 1 aromatic heterocycles. The summed E-state index contributed by atoms with van der Waals surface area (Å²) in [7, 11) is 0. The van der Waals surface area contributed by atoms with Crippen LogP contribution >= 0.6 is 11.6 Å². The predicted octanol–water partition coefficient (Wildman–Crippen LogP) is 0.826. The molecule has 0 aliphatic heterocycles. The van der Waals surface area contributed by atoms with Gasteiger partial charge in [-0.2, -0.15) is 5.10 Å². The summed E-state index contributed by atoms with van der Waals surface area (Å²) in [4.78, 5) is 21.8. The lowest BCUT2D eigenvalue weighted by molar-refractivity contribution is -0.307. The molecule has 0 radical (unpaired) electrons. The summed E-state index contributed by atoms with van der Waals surface area (Å²) in [6, 6.07) is 7.68. The number of carboxylic acids is 1. The smallest absolute Gasteiger partial charge is 0.307 e. The van der Waals surface area contributed by atoms with Crippen LogP contribution < -0.4 is 15.3 Å². The molecule has 1 heterocycles. The van der Waals surface area contributed by atoms with Crippen molar-refractivity contribution in [2.24, 2.45) is 5.10 Å². The number of aliphatic carboxylic acids is 1. The fourth-order valence-electron chi connectivity index (χ4n) is 1.48. The zero-order valence-corrected chi connectivity index (χ0v) is 11.9. The van der Waals surface area contributed by atoms with Gasteiger partial charge in [-0.05, 0) is 35.9 Å². The number of ether oxygens (including phenoxy) is 1. The van der Waals surface area contributed by atoms with Crippen molar-refractivity contribution < 1.29 is 23.8 Å². The van der Waals surface area contributed by atoms with Crippen molar-refractivity contribution in [3.8, 4) is 5.75 Å². The standard InChI is InChI=1S/C14H11ClN2O5/c15-10-6-9(3-4-11(10)22-8-13(18)19)7-16-17-14(20)12-2-1-5-21-12/h1-7H,8H2,(H,17,20)(H,18,19)/p-1/b16-7-. The van der Waals surface area contributed by atoms with Crippen LogP contribution in [0.4, 0.5) is 0 Å². The first kappa shape index (κ1) is 15.6. The second-order valence-corrected chi connectivity index (χ2v) is 4.43. The van der Waals surface area contributed by atoms with Crippen LogP contribution in [0.3, 0.4) is 0 Å². The third kappa shape index (κ3) is 4.35. The third-order valence-corrected chi connectivity index (χ3v) is 2.72. The Balaban J connectivity index is 1.95. The van der Waals surface area contributed by atoms with Gasteiger partial charge in [-0.25, -0.2) is 5.43 Å². The lowest BCUT2D eigenvalue weighted by Gasteiger charge is -2.08. The van der Waals surface area contributed by atoms with Gasteiger partial charge in [0.1, 0.15) is 12.4 Å². The van der Waals surface area contributed by atoms with Gasteiger partial charge in [0, 0.05) is 0 Å². The van der Waals surface area contributed by atoms with Crippen LogP contribution in [0, 0.1) is 0 Å². The van der Waals surface area contributed by atoms with Gasteiger partial charge >= 0.3 is 5.91 Å². The number of halogens is 1. The van der Waals surface area contributed by atoms with Crippen molar-refractivity contribution in [1.29, 1.82) is 0 Å². The number of nitrogens with one attached hydrogen (secondary N) is 1. The highest BCUT2D eigenvalue weighted by atomic mass is 35.5. The topological polar surface area (TPSA) is 104 Å². The molecule has 7 nitrogen and oxygen atoms in total. The van der Waals surface area contributed by atoms with E-state index in [9.17, 15) is 14.7 Å². The van der Waals surface area contributed by atoms with Crippen LogP contribution in [-0.4, -0.2) is 24.7 Å². The van der Waals surface area contributed by atoms with Crippen molar-refractivity contribution in [3.05, 3.63) is 52.9 Å². The van der Waals surface area contributed by atoms with Gasteiger partial charge in [0.25, 0.3) is 0 Å². The minimum Gasteiger partial charge on any atom is -0.546 e. The van der Waals surface area contributed by atoms with Gasteiger partial charge in [-0.3, -0.25) is 4.79 Å². The lowest BCUT2D eigenvalue weighted by Crippen LogP contribution is -2.28. The Morgan fingerprint density at radius 1 is 1.41 bits per heavy atom. The van der Waals surface area contributed by atoms with Gasteiger partial charge < -0.3 is 19.1 Å². The highest BCUT2D eigenvalue weighted by Gasteiger charge is 2.06. The van der Waals surface area contributed by atoms with Crippen molar-refractivity contribution in [1.82, 2.24) is 5.43 Å². The first-order valence-electron chi connectivity index (χ1n) is 6.05. The van der Waals surface area contributed by atoms with Crippen LogP contribution in [0.15, 0.2) is 46.1 Å². The summed E-state index contributed by atoms with van der Waals surface area (Å²) in [6.45, 7) is -0.591. The molecule has 2 aromatic rings. The van der Waals surface area contributed by atoms with Crippen LogP contribution in [-0.2, 0) is 4.79 Å². The third-order valence-electron chi connectivity index (χ3n) is 2.43. The van der Waals surface area contributed by atoms with E-state index in [0.29, 0.717) is 5.56 Å². The molecule has 0 unspecified atom stereocenters. The van der Waals surface area contributed by atoms with E-state index in [1.165, 1.54) is 30.7 Å². The molecule has 22 heavy (non-hydrogen) atoms. The second kappa shape index (κ2) is 7.28. The molecule has 8 heteroatoms. The molecule has 0 spiro atoms. The van der Waals surface area contributed by atoms with E-state index < -0.39 is 18.5 Å². The van der Waals surface area contributed by atoms with Gasteiger partial charge in [-0.1, -0.05) is 11.6 Å². The van der Waals surface area contributed by atoms with Gasteiger partial charge in [-0.15, -0.1) is 0 Å². The number of carbonyl (C=O) groups excluding carboxylic acids is 2. The van der Waals surface area contributed by atoms with Gasteiger partial charge in [0.15, 0.2) is 5.76 Å². The van der Waals surface area contributed by atoms with E-state index in [0.717, 1.165) is 0 Å². The molecular weight excluding hydrogens is 312 g/mol. The number of hydrogen-bond donors (Lipinski definition) is 1. The second-order valence-electron chi connectivity index (χ2n) is 4.03. The van der Waals surface area contributed by atoms with Gasteiger partial charge in [0.05, 0.1) is 23.5 Å². The van der Waals surface area contributed by atoms with Gasteiger partial charge in [0.2, 0.25) is 0 Å². The predicted molar refractivity (Wildman–Crippen MR) is 75.7 cm³/mol. The zero-order chi connectivity index (χ0) is 15.9. The summed E-state index contributed by atoms with van der Waals surface area (Å²) in [6.07, 6.45) is 2.75. The Hall–Kier alpha value is -2.80. The van der Waals surface area contributed by atoms with Crippen LogP contribution in [0.2, 0.25) is 5.02 Å². The molecule has 0 bridgehead atoms. The monoisotopic (exact) mass is 321 g/mol. The average Bonchev–Trinajstić information content (AvgIpc) is 3.00. The largest absolute Gasteiger partial charge is 0.546 e. The molecule has 0 atom stereocenters. The lowest BCUT2D eigenvalue weighted by atomic mass is 10.2. The Kier molecular flexibility index (Phi) is 5.16. The fraction of sp³-hybridized carbons (Fsp3) is 0.0714. The SMILES string of the molecule is O=C([O-])COc1ccc(/C=N\NC(=O)c2ccco2)cc1Cl. The molecule has 0 aliphatic carbocycles. The Labute approximate surface area is 130 Å². The first-order chi connectivity index (χ1) is 10.6. The summed E-state index contributed by atoms with van der Waals surface area (Å²) >= 11 is 5.93. The number of rotatable bonds is 6.